The van der Waals surface area contributed by atoms with Crippen LogP contribution in [0.3, 0.4) is 0 Å². The van der Waals surface area contributed by atoms with Crippen molar-refractivity contribution in [3.8, 4) is 11.5 Å². The largest absolute Gasteiger partial charge is 0.573 e. The normalized spacial score (nSPS) is 20.8. The van der Waals surface area contributed by atoms with Crippen LogP contribution in [0, 0.1) is 5.92 Å². The van der Waals surface area contributed by atoms with Gasteiger partial charge in [0, 0.05) is 8.80 Å². The number of alkyl halides is 3. The van der Waals surface area contributed by atoms with Crippen molar-refractivity contribution in [1.82, 2.24) is 0 Å². The molecule has 0 aromatic heterocycles. The highest BCUT2D eigenvalue weighted by atomic mass is 28.3. The van der Waals surface area contributed by atoms with Gasteiger partial charge in [0.25, 0.3) is 0 Å². The van der Waals surface area contributed by atoms with Crippen LogP contribution in [-0.4, -0.2) is 21.8 Å². The Morgan fingerprint density at radius 1 is 0.962 bits per heavy atom. The van der Waals surface area contributed by atoms with Gasteiger partial charge in [0.15, 0.2) is 0 Å². The number of ether oxygens (including phenoxy) is 2. The molecule has 2 rings (SSSR count). The number of hydrogen-bond acceptors (Lipinski definition) is 2. The number of rotatable bonds is 10. The minimum Gasteiger partial charge on any atom is -0.493 e. The Balaban J connectivity index is 1.61. The van der Waals surface area contributed by atoms with Crippen molar-refractivity contribution in [2.24, 2.45) is 5.92 Å². The van der Waals surface area contributed by atoms with Gasteiger partial charge in [-0.2, -0.15) is 0 Å². The molecule has 1 aliphatic heterocycles. The Morgan fingerprint density at radius 2 is 1.58 bits per heavy atom. The lowest BCUT2D eigenvalue weighted by Gasteiger charge is -2.27. The highest BCUT2D eigenvalue weighted by Gasteiger charge is 2.31. The van der Waals surface area contributed by atoms with E-state index in [-0.39, 0.29) is 5.75 Å². The summed E-state index contributed by atoms with van der Waals surface area (Å²) in [6.45, 7) is 2.92. The summed E-state index contributed by atoms with van der Waals surface area (Å²) < 4.78 is 46.1. The van der Waals surface area contributed by atoms with Crippen LogP contribution in [0.15, 0.2) is 24.3 Å². The van der Waals surface area contributed by atoms with Gasteiger partial charge < -0.3 is 9.47 Å². The van der Waals surface area contributed by atoms with E-state index in [0.717, 1.165) is 0 Å². The Labute approximate surface area is 156 Å². The monoisotopic (exact) mass is 388 g/mol. The predicted octanol–water partition coefficient (Wildman–Crippen LogP) is 6.57. The Morgan fingerprint density at radius 3 is 2.19 bits per heavy atom. The highest BCUT2D eigenvalue weighted by molar-refractivity contribution is 6.58. The van der Waals surface area contributed by atoms with Crippen molar-refractivity contribution in [2.75, 3.05) is 6.61 Å². The molecule has 0 spiro atoms. The average Bonchev–Trinajstić information content (AvgIpc) is 2.61. The van der Waals surface area contributed by atoms with Crippen LogP contribution < -0.4 is 9.47 Å². The van der Waals surface area contributed by atoms with Gasteiger partial charge in [0.2, 0.25) is 0 Å². The number of halogens is 3. The van der Waals surface area contributed by atoms with E-state index in [1.54, 1.807) is 0 Å². The molecule has 26 heavy (non-hydrogen) atoms. The lowest BCUT2D eigenvalue weighted by molar-refractivity contribution is -0.274. The predicted molar refractivity (Wildman–Crippen MR) is 102 cm³/mol. The highest BCUT2D eigenvalue weighted by Crippen LogP contribution is 2.30. The Bertz CT molecular complexity index is 497. The number of hydrogen-bond donors (Lipinski definition) is 0. The maximum atomic E-state index is 12.1. The SMILES string of the molecule is CCCCCCC[Si@H]1CC[C@H](COc2ccc(OC(F)(F)F)cc2)CC1. The summed E-state index contributed by atoms with van der Waals surface area (Å²) in [5, 5.41) is 0. The Kier molecular flexibility index (Phi) is 8.82. The van der Waals surface area contributed by atoms with Gasteiger partial charge in [0.1, 0.15) is 11.5 Å². The maximum absolute atomic E-state index is 12.1. The van der Waals surface area contributed by atoms with Gasteiger partial charge in [-0.3, -0.25) is 0 Å². The van der Waals surface area contributed by atoms with Gasteiger partial charge in [-0.05, 0) is 43.0 Å². The minimum atomic E-state index is -4.65. The molecule has 1 aromatic rings. The molecule has 1 aromatic carbocycles. The van der Waals surface area contributed by atoms with Crippen LogP contribution in [0.4, 0.5) is 13.2 Å². The molecule has 2 nitrogen and oxygen atoms in total. The fourth-order valence-electron chi connectivity index (χ4n) is 3.68. The second kappa shape index (κ2) is 10.9. The first-order chi connectivity index (χ1) is 12.5. The molecular formula is C20H31F3O2Si. The lowest BCUT2D eigenvalue weighted by Crippen LogP contribution is -2.24. The lowest BCUT2D eigenvalue weighted by atomic mass is 10.0. The average molecular weight is 389 g/mol. The third kappa shape index (κ3) is 8.47. The zero-order valence-electron chi connectivity index (χ0n) is 15.7. The molecule has 1 heterocycles. The van der Waals surface area contributed by atoms with E-state index in [9.17, 15) is 13.2 Å². The number of unbranched alkanes of at least 4 members (excludes halogenated alkanes) is 4. The zero-order chi connectivity index (χ0) is 18.8. The molecule has 0 N–H and O–H groups in total. The summed E-state index contributed by atoms with van der Waals surface area (Å²) in [4.78, 5) is 0. The third-order valence-electron chi connectivity index (χ3n) is 5.23. The van der Waals surface area contributed by atoms with Gasteiger partial charge in [-0.25, -0.2) is 0 Å². The van der Waals surface area contributed by atoms with Crippen molar-refractivity contribution in [3.05, 3.63) is 24.3 Å². The fourth-order valence-corrected chi connectivity index (χ4v) is 7.29. The Hall–Kier alpha value is -1.17. The van der Waals surface area contributed by atoms with Crippen molar-refractivity contribution in [2.45, 2.75) is 76.4 Å². The van der Waals surface area contributed by atoms with E-state index in [0.29, 0.717) is 18.3 Å². The second-order valence-electron chi connectivity index (χ2n) is 7.42. The molecule has 0 radical (unpaired) electrons. The summed E-state index contributed by atoms with van der Waals surface area (Å²) in [6.07, 6.45) is 4.74. The molecule has 0 saturated carbocycles. The summed E-state index contributed by atoms with van der Waals surface area (Å²) in [5.74, 6) is 0.982. The topological polar surface area (TPSA) is 18.5 Å². The molecule has 1 saturated heterocycles. The standard InChI is InChI=1S/C20H31F3O2Si/c1-2-3-4-5-6-13-26-14-11-17(12-15-26)16-24-18-7-9-19(10-8-18)25-20(21,22)23/h7-10,17,26H,2-6,11-16H2,1H3/t17-,26-. The van der Waals surface area contributed by atoms with Crippen molar-refractivity contribution >= 4 is 8.80 Å². The maximum Gasteiger partial charge on any atom is 0.573 e. The van der Waals surface area contributed by atoms with Crippen LogP contribution in [0.1, 0.15) is 51.9 Å². The minimum absolute atomic E-state index is 0.213. The summed E-state index contributed by atoms with van der Waals surface area (Å²) in [7, 11) is -0.521. The first-order valence-corrected chi connectivity index (χ1v) is 12.4. The van der Waals surface area contributed by atoms with E-state index < -0.39 is 15.2 Å². The van der Waals surface area contributed by atoms with Crippen LogP contribution in [0.25, 0.3) is 0 Å². The summed E-state index contributed by atoms with van der Waals surface area (Å²) in [5.41, 5.74) is 0. The molecule has 0 amide bonds. The van der Waals surface area contributed by atoms with Gasteiger partial charge in [0.05, 0.1) is 6.61 Å². The smallest absolute Gasteiger partial charge is 0.493 e. The van der Waals surface area contributed by atoms with Crippen LogP contribution >= 0.6 is 0 Å². The first-order valence-electron chi connectivity index (χ1n) is 9.95. The second-order valence-corrected chi connectivity index (χ2v) is 10.9. The number of benzene rings is 1. The molecule has 0 atom stereocenters. The van der Waals surface area contributed by atoms with Gasteiger partial charge in [-0.15, -0.1) is 13.2 Å². The molecule has 0 aliphatic carbocycles. The zero-order valence-corrected chi connectivity index (χ0v) is 16.8. The van der Waals surface area contributed by atoms with Crippen LogP contribution in [0.2, 0.25) is 18.1 Å². The molecule has 1 fully saturated rings. The quantitative estimate of drug-likeness (QED) is 0.333. The van der Waals surface area contributed by atoms with Crippen molar-refractivity contribution < 1.29 is 22.6 Å². The van der Waals surface area contributed by atoms with Gasteiger partial charge in [-0.1, -0.05) is 57.2 Å². The van der Waals surface area contributed by atoms with Crippen LogP contribution in [0.5, 0.6) is 11.5 Å². The third-order valence-corrected chi connectivity index (χ3v) is 8.75. The van der Waals surface area contributed by atoms with E-state index in [2.05, 4.69) is 11.7 Å². The fraction of sp³-hybridized carbons (Fsp3) is 0.700. The van der Waals surface area contributed by atoms with E-state index in [1.807, 2.05) is 0 Å². The summed E-state index contributed by atoms with van der Waals surface area (Å²) in [6, 6.07) is 10.0. The van der Waals surface area contributed by atoms with Crippen molar-refractivity contribution in [1.29, 1.82) is 0 Å². The van der Waals surface area contributed by atoms with E-state index in [1.165, 1.54) is 87.3 Å². The van der Waals surface area contributed by atoms with E-state index in [4.69, 9.17) is 4.74 Å². The molecule has 148 valence electrons. The summed E-state index contributed by atoms with van der Waals surface area (Å²) >= 11 is 0. The first kappa shape index (κ1) is 21.1. The molecule has 0 bridgehead atoms. The molecule has 0 unspecified atom stereocenters. The molecule has 1 aliphatic rings. The van der Waals surface area contributed by atoms with E-state index >= 15 is 0 Å². The van der Waals surface area contributed by atoms with Crippen LogP contribution in [-0.2, 0) is 0 Å². The van der Waals surface area contributed by atoms with Crippen molar-refractivity contribution in [3.63, 3.8) is 0 Å². The van der Waals surface area contributed by atoms with Gasteiger partial charge >= 0.3 is 6.36 Å². The molecular weight excluding hydrogens is 357 g/mol. The molecule has 6 heteroatoms.